The lowest BCUT2D eigenvalue weighted by Crippen LogP contribution is -2.48. The number of carboxylic acids is 1. The van der Waals surface area contributed by atoms with Gasteiger partial charge in [0, 0.05) is 37.0 Å². The second-order valence-electron chi connectivity index (χ2n) is 17.7. The molecule has 7 aromatic rings. The predicted octanol–water partition coefficient (Wildman–Crippen LogP) is 4.08. The predicted molar refractivity (Wildman–Crippen MR) is 293 cm³/mol. The number of fused-ring (bicyclic) bond motifs is 3. The minimum atomic E-state index is -3.61. The number of hydrogen-bond acceptors (Lipinski definition) is 18. The molecule has 0 aliphatic carbocycles. The number of methoxy groups -OCH3 is 4. The number of benzene rings is 4. The van der Waals surface area contributed by atoms with Gasteiger partial charge in [-0.3, -0.25) is 4.79 Å². The number of rotatable bonds is 14. The van der Waals surface area contributed by atoms with E-state index in [9.17, 15) is 26.4 Å². The van der Waals surface area contributed by atoms with Crippen molar-refractivity contribution in [2.45, 2.75) is 40.5 Å². The van der Waals surface area contributed by atoms with Gasteiger partial charge in [0.25, 0.3) is 26.0 Å². The number of carbonyl (C=O) groups is 1. The molecule has 9 rings (SSSR count). The van der Waals surface area contributed by atoms with Crippen molar-refractivity contribution in [3.63, 3.8) is 0 Å². The third-order valence-corrected chi connectivity index (χ3v) is 13.2. The van der Waals surface area contributed by atoms with Crippen molar-refractivity contribution in [1.82, 2.24) is 44.7 Å². The van der Waals surface area contributed by atoms with Gasteiger partial charge in [-0.05, 0) is 136 Å². The smallest absolute Gasteiger partial charge is 0.337 e. The summed E-state index contributed by atoms with van der Waals surface area (Å²) in [4.78, 5) is 47.7. The second-order valence-corrected chi connectivity index (χ2v) is 20.8. The van der Waals surface area contributed by atoms with E-state index in [1.807, 2.05) is 45.0 Å². The largest absolute Gasteiger partial charge is 0.495 e. The van der Waals surface area contributed by atoms with Gasteiger partial charge < -0.3 is 45.0 Å². The highest BCUT2D eigenvalue weighted by atomic mass is 35.5. The van der Waals surface area contributed by atoms with E-state index < -0.39 is 26.4 Å². The third-order valence-electron chi connectivity index (χ3n) is 11.7. The standard InChI is InChI=1S/C15H21N5O3S.C10H9ClN2O.C10H10N2O2.C9H11NO3.C5H13N3O2S/c1-10-5-12-14(13(6-10)23-2)17-9-18-15(12)20-7-11(8-20)3-4-19-24(16,21)22;1-6-3-7-9(8(4-6)14-2)12-5-13-10(7)11;1-6-3-7-9(8(4-6)14-2)11-5-12-10(7)13;1-5-3-6(9(11)12)8(10)7(4-5)13-2;6-11(9,10)8-2-1-5-3-7-4-5/h5-6,9,11,19H,3-4,7-8H2,1-2H3,(H2,16,21,22);3-5H,1-2H3;3-5H,1-2H3,(H,11,12,13);3-4H,10H2,1-2H3,(H,11,12);5,7-8H,1-4H2,(H2,6,9,10). The number of hydrogen-bond donors (Lipinski definition) is 8. The van der Waals surface area contributed by atoms with Crippen molar-refractivity contribution in [2.75, 3.05) is 78.3 Å². The Hall–Kier alpha value is -7.04. The maximum Gasteiger partial charge on any atom is 0.337 e. The molecule has 0 bridgehead atoms. The molecule has 4 aromatic carbocycles. The third kappa shape index (κ3) is 17.0. The van der Waals surface area contributed by atoms with Crippen LogP contribution in [0.2, 0.25) is 5.15 Å². The lowest BCUT2D eigenvalue weighted by Gasteiger charge is -2.40. The van der Waals surface area contributed by atoms with Crippen molar-refractivity contribution in [2.24, 2.45) is 22.1 Å². The van der Waals surface area contributed by atoms with Crippen LogP contribution in [0.25, 0.3) is 32.7 Å². The first-order chi connectivity index (χ1) is 35.9. The first-order valence-electron chi connectivity index (χ1n) is 23.4. The summed E-state index contributed by atoms with van der Waals surface area (Å²) < 4.78 is 67.7. The molecular formula is C49H64ClN13O11S2. The maximum atomic E-state index is 11.4. The molecule has 410 valence electrons. The highest BCUT2D eigenvalue weighted by molar-refractivity contribution is 7.87. The zero-order valence-corrected chi connectivity index (χ0v) is 45.7. The Morgan fingerprint density at radius 3 is 1.61 bits per heavy atom. The van der Waals surface area contributed by atoms with Gasteiger partial charge in [0.15, 0.2) is 0 Å². The van der Waals surface area contributed by atoms with E-state index in [1.165, 1.54) is 25.8 Å². The van der Waals surface area contributed by atoms with E-state index in [0.29, 0.717) is 52.5 Å². The number of halogens is 1. The summed E-state index contributed by atoms with van der Waals surface area (Å²) in [6.45, 7) is 12.1. The zero-order chi connectivity index (χ0) is 55.9. The molecular weight excluding hydrogens is 1050 g/mol. The molecule has 0 saturated carbocycles. The molecule has 24 nitrogen and oxygen atoms in total. The van der Waals surface area contributed by atoms with Crippen molar-refractivity contribution >= 4 is 82.2 Å². The van der Waals surface area contributed by atoms with Crippen molar-refractivity contribution in [3.05, 3.63) is 111 Å². The number of aromatic nitrogens is 6. The van der Waals surface area contributed by atoms with Gasteiger partial charge in [0.2, 0.25) is 0 Å². The van der Waals surface area contributed by atoms with Gasteiger partial charge in [-0.15, -0.1) is 0 Å². The maximum absolute atomic E-state index is 11.4. The number of carboxylic acid groups (broad SMARTS) is 1. The van der Waals surface area contributed by atoms with Crippen LogP contribution in [0.5, 0.6) is 23.0 Å². The molecule has 27 heteroatoms. The van der Waals surface area contributed by atoms with Crippen LogP contribution in [0, 0.1) is 39.5 Å². The summed E-state index contributed by atoms with van der Waals surface area (Å²) in [7, 11) is -0.813. The summed E-state index contributed by atoms with van der Waals surface area (Å²) >= 11 is 5.95. The topological polar surface area (TPSA) is 357 Å². The molecule has 0 radical (unpaired) electrons. The van der Waals surface area contributed by atoms with Crippen LogP contribution in [0.15, 0.2) is 72.3 Å². The number of ether oxygens (including phenoxy) is 4. The molecule has 2 saturated heterocycles. The number of nitrogens with two attached hydrogens (primary N) is 3. The molecule has 0 spiro atoms. The molecule has 2 fully saturated rings. The highest BCUT2D eigenvalue weighted by Gasteiger charge is 2.29. The van der Waals surface area contributed by atoms with Crippen LogP contribution in [0.3, 0.4) is 0 Å². The second kappa shape index (κ2) is 27.1. The molecule has 2 aliphatic heterocycles. The summed E-state index contributed by atoms with van der Waals surface area (Å²) in [5.41, 5.74) is 11.8. The Kier molecular flexibility index (Phi) is 21.4. The van der Waals surface area contributed by atoms with Gasteiger partial charge in [0.05, 0.1) is 51.4 Å². The molecule has 0 amide bonds. The van der Waals surface area contributed by atoms with Crippen molar-refractivity contribution in [3.8, 4) is 23.0 Å². The van der Waals surface area contributed by atoms with E-state index in [1.54, 1.807) is 46.7 Å². The lowest BCUT2D eigenvalue weighted by atomic mass is 9.96. The Morgan fingerprint density at radius 1 is 0.671 bits per heavy atom. The molecule has 0 unspecified atom stereocenters. The van der Waals surface area contributed by atoms with E-state index in [-0.39, 0.29) is 16.8 Å². The van der Waals surface area contributed by atoms with Gasteiger partial charge in [-0.1, -0.05) is 11.6 Å². The zero-order valence-electron chi connectivity index (χ0n) is 43.3. The van der Waals surface area contributed by atoms with Crippen LogP contribution in [-0.4, -0.2) is 126 Å². The van der Waals surface area contributed by atoms with Gasteiger partial charge in [-0.25, -0.2) is 49.4 Å². The SMILES string of the molecule is COc1cc(C)cc(C(=O)O)c1N.COc1cc(C)cc2c(=O)[nH]cnc12.COc1cc(C)cc2c(Cl)ncnc12.COc1cc(C)cc2c(N3CC(CCNS(N)(=O)=O)C3)ncnc12.NS(=O)(=O)NCCC1CNC1. The molecule has 11 N–H and O–H groups in total. The Labute approximate surface area is 445 Å². The quantitative estimate of drug-likeness (QED) is 0.0562. The average Bonchev–Trinajstić information content (AvgIpc) is 3.33. The van der Waals surface area contributed by atoms with E-state index in [4.69, 9.17) is 51.7 Å². The lowest BCUT2D eigenvalue weighted by molar-refractivity contribution is 0.0697. The molecule has 0 atom stereocenters. The van der Waals surface area contributed by atoms with E-state index in [2.05, 4.69) is 55.6 Å². The monoisotopic (exact) mass is 1110 g/mol. The first-order valence-corrected chi connectivity index (χ1v) is 26.9. The number of anilines is 2. The highest BCUT2D eigenvalue weighted by Crippen LogP contribution is 2.35. The van der Waals surface area contributed by atoms with Crippen LogP contribution < -0.4 is 60.2 Å². The fraction of sp³-hybridized carbons (Fsp3) is 0.367. The van der Waals surface area contributed by atoms with Crippen molar-refractivity contribution in [1.29, 1.82) is 0 Å². The number of nitrogen functional groups attached to an aromatic ring is 1. The summed E-state index contributed by atoms with van der Waals surface area (Å²) in [6.07, 6.45) is 5.97. The number of H-pyrrole nitrogens is 1. The van der Waals surface area contributed by atoms with Crippen LogP contribution >= 0.6 is 11.6 Å². The van der Waals surface area contributed by atoms with Gasteiger partial charge in [-0.2, -0.15) is 16.8 Å². The minimum Gasteiger partial charge on any atom is -0.495 e. The number of aromatic carboxylic acids is 1. The Balaban J connectivity index is 0.000000181. The number of aromatic amines is 1. The number of aryl methyl sites for hydroxylation is 4. The van der Waals surface area contributed by atoms with E-state index >= 15 is 0 Å². The van der Waals surface area contributed by atoms with Gasteiger partial charge >= 0.3 is 5.97 Å². The fourth-order valence-corrected chi connectivity index (χ4v) is 8.90. The van der Waals surface area contributed by atoms with Crippen LogP contribution in [-0.2, 0) is 20.4 Å². The summed E-state index contributed by atoms with van der Waals surface area (Å²) in [5.74, 6) is 3.37. The molecule has 2 aliphatic rings. The number of nitrogens with one attached hydrogen (secondary N) is 4. The molecule has 3 aromatic heterocycles. The molecule has 76 heavy (non-hydrogen) atoms. The molecule has 5 heterocycles. The average molecular weight is 1110 g/mol. The first kappa shape index (κ1) is 59.8. The van der Waals surface area contributed by atoms with Crippen LogP contribution in [0.1, 0.15) is 45.5 Å². The Bertz CT molecular complexity index is 3440. The Morgan fingerprint density at radius 2 is 1.12 bits per heavy atom. The summed E-state index contributed by atoms with van der Waals surface area (Å²) in [6, 6.07) is 14.7. The van der Waals surface area contributed by atoms with Crippen molar-refractivity contribution < 1.29 is 45.7 Å². The minimum absolute atomic E-state index is 0.0804. The number of nitrogens with zero attached hydrogens (tertiary/aromatic N) is 6. The summed E-state index contributed by atoms with van der Waals surface area (Å²) in [5, 5.41) is 24.3. The van der Waals surface area contributed by atoms with E-state index in [0.717, 1.165) is 100 Å². The van der Waals surface area contributed by atoms with Crippen LogP contribution in [0.4, 0.5) is 11.5 Å². The van der Waals surface area contributed by atoms with Gasteiger partial charge in [0.1, 0.15) is 63.2 Å². The fourth-order valence-electron chi connectivity index (χ4n) is 7.91. The normalized spacial score (nSPS) is 13.3.